The molecular weight excluding hydrogens is 589 g/mol. The van der Waals surface area contributed by atoms with Gasteiger partial charge in [-0.1, -0.05) is 6.07 Å². The van der Waals surface area contributed by atoms with Gasteiger partial charge < -0.3 is 20.5 Å². The van der Waals surface area contributed by atoms with Gasteiger partial charge in [0, 0.05) is 24.2 Å². The highest BCUT2D eigenvalue weighted by atomic mass is 19.4. The fraction of sp³-hybridized carbons (Fsp3) is 0.419. The van der Waals surface area contributed by atoms with Crippen LogP contribution in [0.1, 0.15) is 48.5 Å². The molecule has 4 heterocycles. The maximum absolute atomic E-state index is 12.9. The number of likely N-dealkylation sites (tertiary alicyclic amines) is 2. The van der Waals surface area contributed by atoms with Crippen LogP contribution < -0.4 is 20.5 Å². The SMILES string of the molecule is COc1cc(-c2nn(C3CCN(C4CCCCN4C)CC3)c3ncnc(N)c23)ccc1NC(=O)c1ccc(OC(F)(F)F)cc1. The Balaban J connectivity index is 1.23. The van der Waals surface area contributed by atoms with Crippen LogP contribution in [0.15, 0.2) is 48.8 Å². The van der Waals surface area contributed by atoms with Crippen molar-refractivity contribution in [3.8, 4) is 22.8 Å². The predicted molar refractivity (Wildman–Crippen MR) is 163 cm³/mol. The first-order chi connectivity index (χ1) is 21.6. The zero-order valence-corrected chi connectivity index (χ0v) is 25.0. The molecule has 6 rings (SSSR count). The standard InChI is InChI=1S/C31H35F3N8O3/c1-40-14-4-3-5-25(40)41-15-12-21(13-16-41)42-29-26(28(35)36-18-37-29)27(39-42)20-8-11-23(24(17-20)44-2)38-30(43)19-6-9-22(10-7-19)45-31(32,33)34/h6-11,17-18,21,25H,3-5,12-16H2,1-2H3,(H,38,43)(H2,35,36,37). The summed E-state index contributed by atoms with van der Waals surface area (Å²) in [5.74, 6) is -0.270. The van der Waals surface area contributed by atoms with Crippen molar-refractivity contribution in [3.05, 3.63) is 54.4 Å². The molecule has 14 heteroatoms. The van der Waals surface area contributed by atoms with Crippen molar-refractivity contribution in [2.45, 2.75) is 50.7 Å². The molecule has 0 bridgehead atoms. The van der Waals surface area contributed by atoms with Gasteiger partial charge in [0.05, 0.1) is 30.4 Å². The van der Waals surface area contributed by atoms with Crippen LogP contribution in [0.25, 0.3) is 22.3 Å². The van der Waals surface area contributed by atoms with Gasteiger partial charge in [-0.05, 0) is 82.1 Å². The zero-order valence-electron chi connectivity index (χ0n) is 25.0. The lowest BCUT2D eigenvalue weighted by Crippen LogP contribution is -2.51. The van der Waals surface area contributed by atoms with Crippen molar-refractivity contribution >= 4 is 28.4 Å². The Kier molecular flexibility index (Phi) is 8.51. The number of anilines is 2. The van der Waals surface area contributed by atoms with E-state index < -0.39 is 18.0 Å². The van der Waals surface area contributed by atoms with Crippen LogP contribution in [-0.4, -0.2) is 81.8 Å². The van der Waals surface area contributed by atoms with E-state index in [9.17, 15) is 18.0 Å². The first-order valence-electron chi connectivity index (χ1n) is 14.9. The highest BCUT2D eigenvalue weighted by Gasteiger charge is 2.32. The Hall–Kier alpha value is -4.43. The highest BCUT2D eigenvalue weighted by molar-refractivity contribution is 6.05. The van der Waals surface area contributed by atoms with Gasteiger partial charge in [0.25, 0.3) is 5.91 Å². The summed E-state index contributed by atoms with van der Waals surface area (Å²) >= 11 is 0. The van der Waals surface area contributed by atoms with E-state index >= 15 is 0 Å². The second kappa shape index (κ2) is 12.5. The van der Waals surface area contributed by atoms with Crippen LogP contribution in [-0.2, 0) is 0 Å². The van der Waals surface area contributed by atoms with Crippen molar-refractivity contribution in [3.63, 3.8) is 0 Å². The minimum absolute atomic E-state index is 0.145. The summed E-state index contributed by atoms with van der Waals surface area (Å²) in [4.78, 5) is 26.7. The zero-order chi connectivity index (χ0) is 31.7. The number of nitrogen functional groups attached to an aromatic ring is 1. The van der Waals surface area contributed by atoms with E-state index in [1.54, 1.807) is 18.2 Å². The highest BCUT2D eigenvalue weighted by Crippen LogP contribution is 2.38. The molecule has 2 fully saturated rings. The Bertz CT molecular complexity index is 1670. The molecule has 238 valence electrons. The second-order valence-corrected chi connectivity index (χ2v) is 11.4. The Morgan fingerprint density at radius 3 is 2.47 bits per heavy atom. The molecule has 2 aliphatic rings. The van der Waals surface area contributed by atoms with Crippen LogP contribution in [0.2, 0.25) is 0 Å². The van der Waals surface area contributed by atoms with Gasteiger partial charge in [-0.3, -0.25) is 14.6 Å². The van der Waals surface area contributed by atoms with Gasteiger partial charge >= 0.3 is 6.36 Å². The molecule has 0 radical (unpaired) electrons. The number of nitrogens with two attached hydrogens (primary N) is 1. The molecule has 1 unspecified atom stereocenters. The molecule has 45 heavy (non-hydrogen) atoms. The number of hydrogen-bond acceptors (Lipinski definition) is 9. The fourth-order valence-electron chi connectivity index (χ4n) is 6.34. The number of carbonyl (C=O) groups excluding carboxylic acids is 1. The molecule has 1 atom stereocenters. The number of fused-ring (bicyclic) bond motifs is 1. The van der Waals surface area contributed by atoms with Crippen LogP contribution in [0.4, 0.5) is 24.7 Å². The number of rotatable bonds is 7. The van der Waals surface area contributed by atoms with Gasteiger partial charge in [0.2, 0.25) is 0 Å². The van der Waals surface area contributed by atoms with Gasteiger partial charge in [0.1, 0.15) is 29.3 Å². The topological polar surface area (TPSA) is 124 Å². The molecule has 2 saturated heterocycles. The number of hydrogen-bond donors (Lipinski definition) is 2. The number of piperidine rings is 2. The van der Waals surface area contributed by atoms with Crippen LogP contribution >= 0.6 is 0 Å². The maximum atomic E-state index is 12.9. The van der Waals surface area contributed by atoms with E-state index in [-0.39, 0.29) is 11.6 Å². The van der Waals surface area contributed by atoms with Crippen molar-refractivity contribution in [2.24, 2.45) is 0 Å². The third kappa shape index (κ3) is 6.52. The van der Waals surface area contributed by atoms with Crippen molar-refractivity contribution in [1.82, 2.24) is 29.5 Å². The molecule has 2 aromatic heterocycles. The van der Waals surface area contributed by atoms with Gasteiger partial charge in [-0.25, -0.2) is 14.6 Å². The largest absolute Gasteiger partial charge is 0.573 e. The number of nitrogens with zero attached hydrogens (tertiary/aromatic N) is 6. The summed E-state index contributed by atoms with van der Waals surface area (Å²) in [7, 11) is 3.69. The molecule has 2 aromatic carbocycles. The number of methoxy groups -OCH3 is 1. The number of ether oxygens (including phenoxy) is 2. The lowest BCUT2D eigenvalue weighted by molar-refractivity contribution is -0.274. The summed E-state index contributed by atoms with van der Waals surface area (Å²) in [5.41, 5.74) is 8.86. The monoisotopic (exact) mass is 624 g/mol. The molecule has 3 N–H and O–H groups in total. The molecule has 4 aromatic rings. The summed E-state index contributed by atoms with van der Waals surface area (Å²) < 4.78 is 48.9. The number of aromatic nitrogens is 4. The number of nitrogens with one attached hydrogen (secondary N) is 1. The first-order valence-corrected chi connectivity index (χ1v) is 14.9. The summed E-state index contributed by atoms with van der Waals surface area (Å²) in [5, 5.41) is 8.41. The minimum atomic E-state index is -4.82. The quantitative estimate of drug-likeness (QED) is 0.281. The Morgan fingerprint density at radius 1 is 1.02 bits per heavy atom. The number of benzene rings is 2. The first kappa shape index (κ1) is 30.6. The second-order valence-electron chi connectivity index (χ2n) is 11.4. The third-order valence-electron chi connectivity index (χ3n) is 8.59. The van der Waals surface area contributed by atoms with E-state index in [1.807, 2.05) is 4.68 Å². The van der Waals surface area contributed by atoms with Crippen LogP contribution in [0.3, 0.4) is 0 Å². The van der Waals surface area contributed by atoms with Crippen molar-refractivity contribution in [1.29, 1.82) is 0 Å². The summed E-state index contributed by atoms with van der Waals surface area (Å²) in [6.45, 7) is 3.07. The number of halogens is 3. The van der Waals surface area contributed by atoms with Crippen molar-refractivity contribution in [2.75, 3.05) is 44.8 Å². The van der Waals surface area contributed by atoms with Crippen molar-refractivity contribution < 1.29 is 27.4 Å². The van der Waals surface area contributed by atoms with Gasteiger partial charge in [0.15, 0.2) is 5.65 Å². The third-order valence-corrected chi connectivity index (χ3v) is 8.59. The predicted octanol–water partition coefficient (Wildman–Crippen LogP) is 5.31. The lowest BCUT2D eigenvalue weighted by Gasteiger charge is -2.43. The average molecular weight is 625 g/mol. The van der Waals surface area contributed by atoms with Gasteiger partial charge in [-0.2, -0.15) is 5.10 Å². The molecule has 0 aliphatic carbocycles. The van der Waals surface area contributed by atoms with Gasteiger partial charge in [-0.15, -0.1) is 13.2 Å². The lowest BCUT2D eigenvalue weighted by atomic mass is 10.0. The van der Waals surface area contributed by atoms with E-state index in [2.05, 4.69) is 36.9 Å². The average Bonchev–Trinajstić information content (AvgIpc) is 3.42. The van der Waals surface area contributed by atoms with E-state index in [4.69, 9.17) is 15.6 Å². The Labute approximate surface area is 258 Å². The van der Waals surface area contributed by atoms with E-state index in [1.165, 1.54) is 44.8 Å². The molecule has 0 spiro atoms. The number of alkyl halides is 3. The minimum Gasteiger partial charge on any atom is -0.495 e. The normalized spacial score (nSPS) is 18.6. The fourth-order valence-corrected chi connectivity index (χ4v) is 6.34. The van der Waals surface area contributed by atoms with E-state index in [0.29, 0.717) is 45.7 Å². The molecular formula is C31H35F3N8O3. The smallest absolute Gasteiger partial charge is 0.495 e. The summed E-state index contributed by atoms with van der Waals surface area (Å²) in [6.07, 6.45) is 2.69. The number of carbonyl (C=O) groups is 1. The molecule has 0 saturated carbocycles. The Morgan fingerprint density at radius 2 is 1.78 bits per heavy atom. The summed E-state index contributed by atoms with van der Waals surface area (Å²) in [6, 6.07) is 10.0. The molecule has 1 amide bonds. The van der Waals surface area contributed by atoms with Crippen LogP contribution in [0.5, 0.6) is 11.5 Å². The van der Waals surface area contributed by atoms with E-state index in [0.717, 1.165) is 44.6 Å². The number of amides is 1. The molecule has 2 aliphatic heterocycles. The maximum Gasteiger partial charge on any atom is 0.573 e. The van der Waals surface area contributed by atoms with Crippen LogP contribution in [0, 0.1) is 0 Å². The molecule has 11 nitrogen and oxygen atoms in total.